The molecule has 1 saturated heterocycles. The molecular formula is C18H15F2N3O3S3. The average Bonchev–Trinajstić information content (AvgIpc) is 3.39. The van der Waals surface area contributed by atoms with E-state index in [1.807, 2.05) is 17.5 Å². The number of sulfonamides is 1. The average molecular weight is 456 g/mol. The number of amides is 1. The van der Waals surface area contributed by atoms with Gasteiger partial charge in [0, 0.05) is 32.2 Å². The second-order valence-electron chi connectivity index (χ2n) is 6.28. The van der Waals surface area contributed by atoms with E-state index in [1.165, 1.54) is 28.9 Å². The quantitative estimate of drug-likeness (QED) is 0.605. The fraction of sp³-hybridized carbons (Fsp3) is 0.222. The topological polar surface area (TPSA) is 70.6 Å². The lowest BCUT2D eigenvalue weighted by molar-refractivity contribution is 0.0702. The molecule has 0 N–H and O–H groups in total. The highest BCUT2D eigenvalue weighted by molar-refractivity contribution is 7.89. The van der Waals surface area contributed by atoms with Crippen molar-refractivity contribution in [3.8, 4) is 9.88 Å². The molecule has 11 heteroatoms. The molecule has 0 aliphatic carbocycles. The molecule has 0 saturated carbocycles. The van der Waals surface area contributed by atoms with E-state index in [0.29, 0.717) is 10.9 Å². The number of carbonyl (C=O) groups is 1. The SMILES string of the molecule is O=C(c1cnc(-c2cccs2)s1)N1CCN(S(=O)(=O)c2ccc(F)cc2F)CC1. The third-order valence-electron chi connectivity index (χ3n) is 4.49. The van der Waals surface area contributed by atoms with E-state index in [1.54, 1.807) is 4.90 Å². The minimum Gasteiger partial charge on any atom is -0.335 e. The predicted molar refractivity (Wildman–Crippen MR) is 106 cm³/mol. The monoisotopic (exact) mass is 455 g/mol. The smallest absolute Gasteiger partial charge is 0.265 e. The minimum absolute atomic E-state index is 0.0292. The highest BCUT2D eigenvalue weighted by Crippen LogP contribution is 2.30. The van der Waals surface area contributed by atoms with Crippen molar-refractivity contribution in [2.24, 2.45) is 0 Å². The van der Waals surface area contributed by atoms with Crippen LogP contribution in [-0.4, -0.2) is 54.7 Å². The first-order valence-corrected chi connectivity index (χ1v) is 11.7. The van der Waals surface area contributed by atoms with Gasteiger partial charge in [0.2, 0.25) is 10.0 Å². The van der Waals surface area contributed by atoms with Crippen LogP contribution in [0.1, 0.15) is 9.67 Å². The summed E-state index contributed by atoms with van der Waals surface area (Å²) in [7, 11) is -4.10. The highest BCUT2D eigenvalue weighted by atomic mass is 32.2. The van der Waals surface area contributed by atoms with Crippen LogP contribution in [0.4, 0.5) is 8.78 Å². The second kappa shape index (κ2) is 7.90. The maximum Gasteiger partial charge on any atom is 0.265 e. The van der Waals surface area contributed by atoms with Gasteiger partial charge in [-0.25, -0.2) is 22.2 Å². The number of aromatic nitrogens is 1. The Balaban J connectivity index is 1.44. The number of thiophene rings is 1. The number of halogens is 2. The number of benzene rings is 1. The number of nitrogens with zero attached hydrogens (tertiary/aromatic N) is 3. The van der Waals surface area contributed by atoms with Gasteiger partial charge in [-0.1, -0.05) is 6.07 Å². The van der Waals surface area contributed by atoms with E-state index in [9.17, 15) is 22.0 Å². The lowest BCUT2D eigenvalue weighted by Gasteiger charge is -2.33. The Kier molecular flexibility index (Phi) is 5.47. The summed E-state index contributed by atoms with van der Waals surface area (Å²) in [4.78, 5) is 19.5. The van der Waals surface area contributed by atoms with Gasteiger partial charge >= 0.3 is 0 Å². The molecule has 29 heavy (non-hydrogen) atoms. The summed E-state index contributed by atoms with van der Waals surface area (Å²) in [6, 6.07) is 6.20. The fourth-order valence-corrected chi connectivity index (χ4v) is 6.15. The van der Waals surface area contributed by atoms with E-state index in [4.69, 9.17) is 0 Å². The third kappa shape index (κ3) is 3.95. The Morgan fingerprint density at radius 3 is 2.52 bits per heavy atom. The maximum absolute atomic E-state index is 13.9. The molecule has 0 radical (unpaired) electrons. The Morgan fingerprint density at radius 1 is 1.10 bits per heavy atom. The van der Waals surface area contributed by atoms with Crippen molar-refractivity contribution in [3.63, 3.8) is 0 Å². The van der Waals surface area contributed by atoms with Crippen molar-refractivity contribution in [2.75, 3.05) is 26.2 Å². The lowest BCUT2D eigenvalue weighted by Crippen LogP contribution is -2.50. The van der Waals surface area contributed by atoms with Gasteiger partial charge < -0.3 is 4.90 Å². The van der Waals surface area contributed by atoms with E-state index >= 15 is 0 Å². The fourth-order valence-electron chi connectivity index (χ4n) is 3.00. The molecule has 1 amide bonds. The zero-order chi connectivity index (χ0) is 20.6. The largest absolute Gasteiger partial charge is 0.335 e. The van der Waals surface area contributed by atoms with Crippen LogP contribution in [-0.2, 0) is 10.0 Å². The molecule has 0 spiro atoms. The van der Waals surface area contributed by atoms with Crippen molar-refractivity contribution in [3.05, 3.63) is 58.4 Å². The zero-order valence-electron chi connectivity index (χ0n) is 14.9. The summed E-state index contributed by atoms with van der Waals surface area (Å²) in [6.07, 6.45) is 1.53. The molecule has 0 atom stereocenters. The molecule has 6 nitrogen and oxygen atoms in total. The number of piperazine rings is 1. The molecule has 0 unspecified atom stereocenters. The van der Waals surface area contributed by atoms with E-state index in [-0.39, 0.29) is 32.1 Å². The van der Waals surface area contributed by atoms with Crippen LogP contribution in [0.15, 0.2) is 46.8 Å². The standard InChI is InChI=1S/C18H15F2N3O3S3/c19-12-3-4-16(13(20)10-12)29(25,26)23-7-5-22(6-8-23)18(24)15-11-21-17(28-15)14-2-1-9-27-14/h1-4,9-11H,5-8H2. The summed E-state index contributed by atoms with van der Waals surface area (Å²) < 4.78 is 53.4. The Bertz CT molecular complexity index is 1140. The van der Waals surface area contributed by atoms with Crippen molar-refractivity contribution < 1.29 is 22.0 Å². The van der Waals surface area contributed by atoms with Crippen LogP contribution < -0.4 is 0 Å². The van der Waals surface area contributed by atoms with Crippen LogP contribution in [0.5, 0.6) is 0 Å². The molecule has 1 aliphatic heterocycles. The van der Waals surface area contributed by atoms with E-state index < -0.39 is 26.6 Å². The van der Waals surface area contributed by atoms with Gasteiger partial charge in [-0.15, -0.1) is 22.7 Å². The van der Waals surface area contributed by atoms with Crippen LogP contribution in [0.3, 0.4) is 0 Å². The second-order valence-corrected chi connectivity index (χ2v) is 10.2. The van der Waals surface area contributed by atoms with Crippen molar-refractivity contribution in [2.45, 2.75) is 4.90 Å². The zero-order valence-corrected chi connectivity index (χ0v) is 17.4. The molecule has 1 fully saturated rings. The van der Waals surface area contributed by atoms with Crippen LogP contribution in [0.25, 0.3) is 9.88 Å². The van der Waals surface area contributed by atoms with Crippen molar-refractivity contribution in [1.29, 1.82) is 0 Å². The summed E-state index contributed by atoms with van der Waals surface area (Å²) in [5.41, 5.74) is 0. The normalized spacial score (nSPS) is 15.6. The lowest BCUT2D eigenvalue weighted by atomic mass is 10.3. The first kappa shape index (κ1) is 20.1. The van der Waals surface area contributed by atoms with E-state index in [0.717, 1.165) is 26.3 Å². The highest BCUT2D eigenvalue weighted by Gasteiger charge is 2.32. The maximum atomic E-state index is 13.9. The molecule has 0 bridgehead atoms. The van der Waals surface area contributed by atoms with Crippen molar-refractivity contribution >= 4 is 38.6 Å². The minimum atomic E-state index is -4.10. The van der Waals surface area contributed by atoms with Crippen LogP contribution in [0, 0.1) is 11.6 Å². The number of hydrogen-bond donors (Lipinski definition) is 0. The summed E-state index contributed by atoms with van der Waals surface area (Å²) in [5.74, 6) is -2.19. The molecule has 4 rings (SSSR count). The third-order valence-corrected chi connectivity index (χ3v) is 8.44. The van der Waals surface area contributed by atoms with Gasteiger partial charge in [0.1, 0.15) is 26.4 Å². The number of rotatable bonds is 4. The van der Waals surface area contributed by atoms with Gasteiger partial charge in [0.15, 0.2) is 0 Å². The van der Waals surface area contributed by atoms with Crippen LogP contribution in [0.2, 0.25) is 0 Å². The first-order chi connectivity index (χ1) is 13.9. The molecule has 152 valence electrons. The van der Waals surface area contributed by atoms with E-state index in [2.05, 4.69) is 4.98 Å². The molecule has 3 heterocycles. The Labute approximate surface area is 174 Å². The first-order valence-electron chi connectivity index (χ1n) is 8.60. The van der Waals surface area contributed by atoms with Gasteiger partial charge in [-0.3, -0.25) is 4.79 Å². The molecule has 1 aliphatic rings. The van der Waals surface area contributed by atoms with Crippen molar-refractivity contribution in [1.82, 2.24) is 14.2 Å². The summed E-state index contributed by atoms with van der Waals surface area (Å²) in [6.45, 7) is 0.406. The van der Waals surface area contributed by atoms with Gasteiger partial charge in [0.25, 0.3) is 5.91 Å². The molecular weight excluding hydrogens is 440 g/mol. The van der Waals surface area contributed by atoms with Gasteiger partial charge in [-0.2, -0.15) is 4.31 Å². The van der Waals surface area contributed by atoms with Crippen LogP contribution >= 0.6 is 22.7 Å². The van der Waals surface area contributed by atoms with Gasteiger partial charge in [0.05, 0.1) is 11.1 Å². The summed E-state index contributed by atoms with van der Waals surface area (Å²) in [5, 5.41) is 2.69. The summed E-state index contributed by atoms with van der Waals surface area (Å²) >= 11 is 2.83. The molecule has 2 aromatic heterocycles. The molecule has 3 aromatic rings. The number of hydrogen-bond acceptors (Lipinski definition) is 6. The Hall–Kier alpha value is -2.21. The predicted octanol–water partition coefficient (Wildman–Crippen LogP) is 3.30. The number of carbonyl (C=O) groups excluding carboxylic acids is 1. The Morgan fingerprint density at radius 2 is 1.86 bits per heavy atom. The van der Waals surface area contributed by atoms with Gasteiger partial charge in [-0.05, 0) is 23.6 Å². The molecule has 1 aromatic carbocycles. The number of thiazole rings is 1.